The molecule has 2 heteroatoms. The van der Waals surface area contributed by atoms with Gasteiger partial charge in [0, 0.05) is 12.8 Å². The van der Waals surface area contributed by atoms with Crippen LogP contribution in [0.15, 0.2) is 18.2 Å². The van der Waals surface area contributed by atoms with Gasteiger partial charge in [0.2, 0.25) is 0 Å². The third kappa shape index (κ3) is 5.21. The number of benzene rings is 1. The Bertz CT molecular complexity index is 290. The minimum atomic E-state index is 0.343. The van der Waals surface area contributed by atoms with Crippen molar-refractivity contribution in [3.8, 4) is 5.75 Å². The zero-order valence-electron chi connectivity index (χ0n) is 10.0. The van der Waals surface area contributed by atoms with Gasteiger partial charge in [-0.1, -0.05) is 26.0 Å². The van der Waals surface area contributed by atoms with Gasteiger partial charge in [0.25, 0.3) is 0 Å². The third-order valence-corrected chi connectivity index (χ3v) is 2.36. The van der Waals surface area contributed by atoms with Crippen molar-refractivity contribution in [3.05, 3.63) is 29.3 Å². The van der Waals surface area contributed by atoms with Crippen molar-refractivity contribution < 1.29 is 9.90 Å². The zero-order valence-corrected chi connectivity index (χ0v) is 10.0. The number of phenols is 1. The molecule has 1 aromatic rings. The normalized spacial score (nSPS) is 9.07. The molecule has 0 unspecified atom stereocenters. The second-order valence-electron chi connectivity index (χ2n) is 3.46. The highest BCUT2D eigenvalue weighted by Crippen LogP contribution is 2.17. The molecule has 1 aromatic carbocycles. The van der Waals surface area contributed by atoms with Crippen molar-refractivity contribution in [2.24, 2.45) is 0 Å². The van der Waals surface area contributed by atoms with E-state index in [1.165, 1.54) is 0 Å². The molecule has 15 heavy (non-hydrogen) atoms. The van der Waals surface area contributed by atoms with Gasteiger partial charge in [0.05, 0.1) is 0 Å². The first-order valence-electron chi connectivity index (χ1n) is 5.29. The van der Waals surface area contributed by atoms with Crippen LogP contribution in [-0.2, 0) is 4.79 Å². The molecule has 0 fully saturated rings. The minimum Gasteiger partial charge on any atom is -0.508 e. The summed E-state index contributed by atoms with van der Waals surface area (Å²) in [5.74, 6) is 0.727. The summed E-state index contributed by atoms with van der Waals surface area (Å²) in [6.45, 7) is 7.65. The van der Waals surface area contributed by atoms with Crippen molar-refractivity contribution in [2.75, 3.05) is 0 Å². The van der Waals surface area contributed by atoms with Crippen LogP contribution in [0.25, 0.3) is 0 Å². The predicted octanol–water partition coefficient (Wildman–Crippen LogP) is 3.38. The first kappa shape index (κ1) is 13.7. The molecule has 0 saturated heterocycles. The zero-order chi connectivity index (χ0) is 11.8. The van der Waals surface area contributed by atoms with Crippen LogP contribution in [0.4, 0.5) is 0 Å². The van der Waals surface area contributed by atoms with Gasteiger partial charge in [0.15, 0.2) is 0 Å². The molecule has 0 aliphatic heterocycles. The SMILES string of the molecule is CCC(=O)CC.Cc1cccc(O)c1C. The van der Waals surface area contributed by atoms with E-state index in [1.54, 1.807) is 6.07 Å². The number of aryl methyl sites for hydroxylation is 1. The van der Waals surface area contributed by atoms with E-state index in [-0.39, 0.29) is 0 Å². The quantitative estimate of drug-likeness (QED) is 0.809. The van der Waals surface area contributed by atoms with Gasteiger partial charge >= 0.3 is 0 Å². The van der Waals surface area contributed by atoms with Crippen molar-refractivity contribution in [2.45, 2.75) is 40.5 Å². The number of carbonyl (C=O) groups is 1. The molecule has 0 heterocycles. The Kier molecular flexibility index (Phi) is 6.43. The van der Waals surface area contributed by atoms with Gasteiger partial charge in [-0.2, -0.15) is 0 Å². The van der Waals surface area contributed by atoms with E-state index in [4.69, 9.17) is 5.11 Å². The highest BCUT2D eigenvalue weighted by Gasteiger charge is 1.94. The Hall–Kier alpha value is -1.31. The van der Waals surface area contributed by atoms with Crippen LogP contribution in [0.5, 0.6) is 5.75 Å². The number of hydrogen-bond donors (Lipinski definition) is 1. The second-order valence-corrected chi connectivity index (χ2v) is 3.46. The first-order valence-corrected chi connectivity index (χ1v) is 5.29. The summed E-state index contributed by atoms with van der Waals surface area (Å²) < 4.78 is 0. The Morgan fingerprint density at radius 2 is 1.73 bits per heavy atom. The van der Waals surface area contributed by atoms with Crippen LogP contribution in [0.2, 0.25) is 0 Å². The average molecular weight is 208 g/mol. The van der Waals surface area contributed by atoms with Crippen LogP contribution in [0, 0.1) is 13.8 Å². The fraction of sp³-hybridized carbons (Fsp3) is 0.462. The van der Waals surface area contributed by atoms with Crippen molar-refractivity contribution in [1.82, 2.24) is 0 Å². The highest BCUT2D eigenvalue weighted by molar-refractivity contribution is 5.77. The summed E-state index contributed by atoms with van der Waals surface area (Å²) in [6.07, 6.45) is 1.38. The smallest absolute Gasteiger partial charge is 0.132 e. The summed E-state index contributed by atoms with van der Waals surface area (Å²) in [6, 6.07) is 5.52. The first-order chi connectivity index (χ1) is 7.02. The second kappa shape index (κ2) is 7.04. The van der Waals surface area contributed by atoms with E-state index in [9.17, 15) is 4.79 Å². The molecule has 0 aromatic heterocycles. The summed E-state index contributed by atoms with van der Waals surface area (Å²) in [5, 5.41) is 9.10. The monoisotopic (exact) mass is 208 g/mol. The summed E-state index contributed by atoms with van der Waals surface area (Å²) in [5.41, 5.74) is 2.10. The van der Waals surface area contributed by atoms with Crippen molar-refractivity contribution in [1.29, 1.82) is 0 Å². The lowest BCUT2D eigenvalue weighted by atomic mass is 10.1. The number of phenolic OH excluding ortho intramolecular Hbond substituents is 1. The van der Waals surface area contributed by atoms with Gasteiger partial charge in [-0.25, -0.2) is 0 Å². The highest BCUT2D eigenvalue weighted by atomic mass is 16.3. The molecule has 0 bridgehead atoms. The van der Waals surface area contributed by atoms with Gasteiger partial charge in [0.1, 0.15) is 11.5 Å². The van der Waals surface area contributed by atoms with Crippen LogP contribution in [0.3, 0.4) is 0 Å². The summed E-state index contributed by atoms with van der Waals surface area (Å²) in [4.78, 5) is 10.2. The molecule has 0 aliphatic rings. The van der Waals surface area contributed by atoms with Crippen molar-refractivity contribution in [3.63, 3.8) is 0 Å². The molecule has 0 amide bonds. The maximum absolute atomic E-state index is 10.2. The number of hydrogen-bond acceptors (Lipinski definition) is 2. The Morgan fingerprint density at radius 3 is 2.00 bits per heavy atom. The predicted molar refractivity (Wildman–Crippen MR) is 63.2 cm³/mol. The van der Waals surface area contributed by atoms with Crippen LogP contribution >= 0.6 is 0 Å². The number of carbonyl (C=O) groups excluding carboxylic acids is 1. The lowest BCUT2D eigenvalue weighted by Crippen LogP contribution is -1.88. The summed E-state index contributed by atoms with van der Waals surface area (Å²) in [7, 11) is 0. The van der Waals surface area contributed by atoms with E-state index in [1.807, 2.05) is 39.8 Å². The minimum absolute atomic E-state index is 0.343. The Morgan fingerprint density at radius 1 is 1.20 bits per heavy atom. The third-order valence-electron chi connectivity index (χ3n) is 2.36. The number of rotatable bonds is 2. The van der Waals surface area contributed by atoms with E-state index in [0.29, 0.717) is 24.4 Å². The molecule has 1 N–H and O–H groups in total. The topological polar surface area (TPSA) is 37.3 Å². The Labute approximate surface area is 91.9 Å². The molecule has 2 nitrogen and oxygen atoms in total. The van der Waals surface area contributed by atoms with Crippen LogP contribution < -0.4 is 0 Å². The average Bonchev–Trinajstić information content (AvgIpc) is 2.25. The van der Waals surface area contributed by atoms with Gasteiger partial charge in [-0.3, -0.25) is 4.79 Å². The fourth-order valence-electron chi connectivity index (χ4n) is 0.986. The Balaban J connectivity index is 0.000000288. The van der Waals surface area contributed by atoms with Gasteiger partial charge < -0.3 is 5.11 Å². The van der Waals surface area contributed by atoms with Crippen LogP contribution in [0.1, 0.15) is 37.8 Å². The standard InChI is InChI=1S/C8H10O.C5H10O/c1-6-4-3-5-8(9)7(6)2;1-3-5(6)4-2/h3-5,9H,1-2H3;3-4H2,1-2H3. The van der Waals surface area contributed by atoms with E-state index >= 15 is 0 Å². The maximum Gasteiger partial charge on any atom is 0.132 e. The van der Waals surface area contributed by atoms with E-state index < -0.39 is 0 Å². The van der Waals surface area contributed by atoms with E-state index in [0.717, 1.165) is 11.1 Å². The molecular weight excluding hydrogens is 188 g/mol. The molecule has 0 spiro atoms. The maximum atomic E-state index is 10.2. The molecule has 0 aliphatic carbocycles. The largest absolute Gasteiger partial charge is 0.508 e. The van der Waals surface area contributed by atoms with Gasteiger partial charge in [-0.05, 0) is 31.0 Å². The van der Waals surface area contributed by atoms with Gasteiger partial charge in [-0.15, -0.1) is 0 Å². The fourth-order valence-corrected chi connectivity index (χ4v) is 0.986. The lowest BCUT2D eigenvalue weighted by molar-refractivity contribution is -0.118. The number of aromatic hydroxyl groups is 1. The number of Topliss-reactive ketones (excluding diaryl/α,β-unsaturated/α-hetero) is 1. The van der Waals surface area contributed by atoms with Crippen LogP contribution in [-0.4, -0.2) is 10.9 Å². The van der Waals surface area contributed by atoms with E-state index in [2.05, 4.69) is 0 Å². The molecule has 0 saturated carbocycles. The molecule has 0 atom stereocenters. The van der Waals surface area contributed by atoms with Crippen molar-refractivity contribution >= 4 is 5.78 Å². The molecule has 0 radical (unpaired) electrons. The lowest BCUT2D eigenvalue weighted by Gasteiger charge is -1.99. The number of ketones is 1. The molecule has 84 valence electrons. The summed E-state index contributed by atoms with van der Waals surface area (Å²) >= 11 is 0. The molecule has 1 rings (SSSR count). The molecular formula is C13H20O2.